The van der Waals surface area contributed by atoms with E-state index in [0.29, 0.717) is 36.8 Å². The van der Waals surface area contributed by atoms with Crippen LogP contribution in [0.4, 0.5) is 0 Å². The first-order valence-electron chi connectivity index (χ1n) is 7.88. The van der Waals surface area contributed by atoms with Gasteiger partial charge in [0.15, 0.2) is 11.5 Å². The number of aryl methyl sites for hydroxylation is 1. The molecule has 1 aliphatic carbocycles. The van der Waals surface area contributed by atoms with E-state index in [9.17, 15) is 4.79 Å². The van der Waals surface area contributed by atoms with Crippen LogP contribution < -0.4 is 20.5 Å². The van der Waals surface area contributed by atoms with Crippen LogP contribution >= 0.6 is 12.4 Å². The molecule has 0 aliphatic heterocycles. The highest BCUT2D eigenvalue weighted by Gasteiger charge is 2.27. The van der Waals surface area contributed by atoms with Gasteiger partial charge < -0.3 is 20.5 Å². The molecule has 0 aromatic heterocycles. The Kier molecular flexibility index (Phi) is 8.20. The van der Waals surface area contributed by atoms with E-state index in [-0.39, 0.29) is 24.4 Å². The normalized spacial score (nSPS) is 19.8. The zero-order chi connectivity index (χ0) is 15.9. The average molecular weight is 343 g/mol. The molecule has 23 heavy (non-hydrogen) atoms. The predicted molar refractivity (Wildman–Crippen MR) is 93.4 cm³/mol. The van der Waals surface area contributed by atoms with Crippen LogP contribution in [0.15, 0.2) is 18.2 Å². The second kappa shape index (κ2) is 9.63. The van der Waals surface area contributed by atoms with E-state index in [1.165, 1.54) is 0 Å². The summed E-state index contributed by atoms with van der Waals surface area (Å²) in [5.41, 5.74) is 6.81. The third-order valence-corrected chi connectivity index (χ3v) is 4.40. The number of methoxy groups -OCH3 is 2. The fraction of sp³-hybridized carbons (Fsp3) is 0.588. The van der Waals surface area contributed by atoms with Gasteiger partial charge in [-0.3, -0.25) is 4.79 Å². The SMILES string of the molecule is COc1ccc(CCC(=O)NC2CCCC2CN)cc1OC.Cl. The minimum atomic E-state index is 0. The average Bonchev–Trinajstić information content (AvgIpc) is 2.99. The van der Waals surface area contributed by atoms with Gasteiger partial charge in [-0.2, -0.15) is 0 Å². The number of ether oxygens (including phenoxy) is 2. The number of halogens is 1. The summed E-state index contributed by atoms with van der Waals surface area (Å²) in [4.78, 5) is 12.1. The van der Waals surface area contributed by atoms with Crippen LogP contribution in [0, 0.1) is 5.92 Å². The number of hydrogen-bond donors (Lipinski definition) is 2. The van der Waals surface area contributed by atoms with Crippen molar-refractivity contribution in [3.63, 3.8) is 0 Å². The van der Waals surface area contributed by atoms with Crippen molar-refractivity contribution < 1.29 is 14.3 Å². The van der Waals surface area contributed by atoms with E-state index in [0.717, 1.165) is 24.8 Å². The van der Waals surface area contributed by atoms with Crippen LogP contribution in [0.25, 0.3) is 0 Å². The molecule has 1 amide bonds. The number of amides is 1. The quantitative estimate of drug-likeness (QED) is 0.797. The largest absolute Gasteiger partial charge is 0.493 e. The minimum Gasteiger partial charge on any atom is -0.493 e. The summed E-state index contributed by atoms with van der Waals surface area (Å²) in [5, 5.41) is 3.13. The van der Waals surface area contributed by atoms with E-state index < -0.39 is 0 Å². The second-order valence-corrected chi connectivity index (χ2v) is 5.79. The third kappa shape index (κ3) is 5.29. The first kappa shape index (κ1) is 19.6. The number of benzene rings is 1. The molecule has 1 saturated carbocycles. The number of carbonyl (C=O) groups is 1. The molecule has 3 N–H and O–H groups in total. The Balaban J connectivity index is 0.00000264. The molecule has 2 rings (SSSR count). The lowest BCUT2D eigenvalue weighted by molar-refractivity contribution is -0.122. The van der Waals surface area contributed by atoms with E-state index in [4.69, 9.17) is 15.2 Å². The fourth-order valence-electron chi connectivity index (χ4n) is 3.08. The van der Waals surface area contributed by atoms with Gasteiger partial charge in [-0.15, -0.1) is 12.4 Å². The van der Waals surface area contributed by atoms with Gasteiger partial charge >= 0.3 is 0 Å². The van der Waals surface area contributed by atoms with Gasteiger partial charge in [-0.25, -0.2) is 0 Å². The van der Waals surface area contributed by atoms with Crippen molar-refractivity contribution in [3.05, 3.63) is 23.8 Å². The summed E-state index contributed by atoms with van der Waals surface area (Å²) in [6.07, 6.45) is 4.49. The zero-order valence-corrected chi connectivity index (χ0v) is 14.7. The molecule has 0 radical (unpaired) electrons. The van der Waals surface area contributed by atoms with Crippen molar-refractivity contribution in [3.8, 4) is 11.5 Å². The highest BCUT2D eigenvalue weighted by atomic mass is 35.5. The van der Waals surface area contributed by atoms with Crippen molar-refractivity contribution in [1.29, 1.82) is 0 Å². The van der Waals surface area contributed by atoms with Crippen molar-refractivity contribution in [1.82, 2.24) is 5.32 Å². The Morgan fingerprint density at radius 3 is 2.65 bits per heavy atom. The fourth-order valence-corrected chi connectivity index (χ4v) is 3.08. The molecule has 1 aliphatic rings. The Hall–Kier alpha value is -1.46. The van der Waals surface area contributed by atoms with Crippen LogP contribution in [0.5, 0.6) is 11.5 Å². The Labute approximate surface area is 144 Å². The maximum absolute atomic E-state index is 12.1. The topological polar surface area (TPSA) is 73.6 Å². The van der Waals surface area contributed by atoms with E-state index in [1.54, 1.807) is 14.2 Å². The molecule has 1 aromatic carbocycles. The summed E-state index contributed by atoms with van der Waals surface area (Å²) in [6.45, 7) is 0.653. The molecule has 2 atom stereocenters. The maximum atomic E-state index is 12.1. The van der Waals surface area contributed by atoms with Crippen LogP contribution in [0.1, 0.15) is 31.2 Å². The standard InChI is InChI=1S/C17H26N2O3.ClH/c1-21-15-8-6-12(10-16(15)22-2)7-9-17(20)19-14-5-3-4-13(14)11-18;/h6,8,10,13-14H,3-5,7,9,11,18H2,1-2H3,(H,19,20);1H. The Morgan fingerprint density at radius 2 is 2.00 bits per heavy atom. The summed E-state index contributed by atoms with van der Waals surface area (Å²) in [6, 6.07) is 6.01. The van der Waals surface area contributed by atoms with E-state index in [2.05, 4.69) is 5.32 Å². The van der Waals surface area contributed by atoms with Crippen molar-refractivity contribution in [2.45, 2.75) is 38.1 Å². The lowest BCUT2D eigenvalue weighted by Crippen LogP contribution is -2.39. The monoisotopic (exact) mass is 342 g/mol. The minimum absolute atomic E-state index is 0. The van der Waals surface area contributed by atoms with Crippen LogP contribution in [0.2, 0.25) is 0 Å². The predicted octanol–water partition coefficient (Wildman–Crippen LogP) is 2.30. The van der Waals surface area contributed by atoms with E-state index in [1.807, 2.05) is 18.2 Å². The van der Waals surface area contributed by atoms with Gasteiger partial charge in [0, 0.05) is 12.5 Å². The third-order valence-electron chi connectivity index (χ3n) is 4.40. The van der Waals surface area contributed by atoms with Crippen molar-refractivity contribution >= 4 is 18.3 Å². The van der Waals surface area contributed by atoms with Gasteiger partial charge in [0.2, 0.25) is 5.91 Å². The summed E-state index contributed by atoms with van der Waals surface area (Å²) in [5.74, 6) is 1.93. The molecule has 1 fully saturated rings. The number of rotatable bonds is 7. The van der Waals surface area contributed by atoms with Gasteiger partial charge in [0.05, 0.1) is 14.2 Å². The molecule has 1 aromatic rings. The van der Waals surface area contributed by atoms with Crippen molar-refractivity contribution in [2.24, 2.45) is 11.7 Å². The van der Waals surface area contributed by atoms with Gasteiger partial charge in [0.25, 0.3) is 0 Å². The summed E-state index contributed by atoms with van der Waals surface area (Å²) in [7, 11) is 3.22. The Bertz CT molecular complexity index is 511. The maximum Gasteiger partial charge on any atom is 0.220 e. The van der Waals surface area contributed by atoms with Crippen molar-refractivity contribution in [2.75, 3.05) is 20.8 Å². The molecule has 0 bridgehead atoms. The zero-order valence-electron chi connectivity index (χ0n) is 13.8. The molecule has 0 heterocycles. The van der Waals surface area contributed by atoms with Crippen LogP contribution in [0.3, 0.4) is 0 Å². The molecule has 5 nitrogen and oxygen atoms in total. The first-order valence-corrected chi connectivity index (χ1v) is 7.88. The lowest BCUT2D eigenvalue weighted by atomic mass is 10.0. The summed E-state index contributed by atoms with van der Waals surface area (Å²) >= 11 is 0. The highest BCUT2D eigenvalue weighted by Crippen LogP contribution is 2.28. The first-order chi connectivity index (χ1) is 10.7. The molecular weight excluding hydrogens is 316 g/mol. The number of nitrogens with one attached hydrogen (secondary N) is 1. The molecule has 0 saturated heterocycles. The molecule has 2 unspecified atom stereocenters. The van der Waals surface area contributed by atoms with Gasteiger partial charge in [0.1, 0.15) is 0 Å². The number of carbonyl (C=O) groups excluding carboxylic acids is 1. The highest BCUT2D eigenvalue weighted by molar-refractivity contribution is 5.85. The number of hydrogen-bond acceptors (Lipinski definition) is 4. The van der Waals surface area contributed by atoms with Gasteiger partial charge in [-0.05, 0) is 49.4 Å². The summed E-state index contributed by atoms with van der Waals surface area (Å²) < 4.78 is 10.5. The molecule has 130 valence electrons. The number of nitrogens with two attached hydrogens (primary N) is 1. The molecule has 6 heteroatoms. The molecule has 0 spiro atoms. The lowest BCUT2D eigenvalue weighted by Gasteiger charge is -2.19. The van der Waals surface area contributed by atoms with Crippen LogP contribution in [-0.2, 0) is 11.2 Å². The Morgan fingerprint density at radius 1 is 1.26 bits per heavy atom. The van der Waals surface area contributed by atoms with Crippen LogP contribution in [-0.4, -0.2) is 32.7 Å². The van der Waals surface area contributed by atoms with E-state index >= 15 is 0 Å². The molecular formula is C17H27ClN2O3. The smallest absolute Gasteiger partial charge is 0.220 e. The second-order valence-electron chi connectivity index (χ2n) is 5.79. The van der Waals surface area contributed by atoms with Gasteiger partial charge in [-0.1, -0.05) is 12.5 Å².